The lowest BCUT2D eigenvalue weighted by Crippen LogP contribution is -2.46. The monoisotopic (exact) mass is 1110 g/mol. The molecule has 1 amide bonds. The van der Waals surface area contributed by atoms with E-state index in [-0.39, 0.29) is 61.4 Å². The van der Waals surface area contributed by atoms with Crippen LogP contribution in [0.5, 0.6) is 5.88 Å². The molecule has 7 aromatic rings. The molecule has 0 bridgehead atoms. The number of aliphatic hydroxyl groups is 1. The van der Waals surface area contributed by atoms with Crippen molar-refractivity contribution >= 4 is 61.4 Å². The van der Waals surface area contributed by atoms with E-state index < -0.39 is 69.7 Å². The number of likely N-dealkylation sites (tertiary alicyclic amines) is 1. The van der Waals surface area contributed by atoms with Crippen LogP contribution in [0.15, 0.2) is 95.2 Å². The van der Waals surface area contributed by atoms with Gasteiger partial charge in [0.1, 0.15) is 23.6 Å². The molecule has 0 radical (unpaired) electrons. The number of ether oxygens (including phenoxy) is 1. The van der Waals surface area contributed by atoms with Gasteiger partial charge in [-0.25, -0.2) is 23.1 Å². The predicted molar refractivity (Wildman–Crippen MR) is 290 cm³/mol. The third-order valence-corrected chi connectivity index (χ3v) is 17.3. The highest BCUT2D eigenvalue weighted by molar-refractivity contribution is 7.90. The number of thiazole rings is 1. The van der Waals surface area contributed by atoms with Crippen molar-refractivity contribution < 1.29 is 50.3 Å². The summed E-state index contributed by atoms with van der Waals surface area (Å²) in [5.74, 6) is -4.27. The SMILES string of the molecule is Cc1ncsc1-c1ccc(CCC(=O)[C@@H]2C[C@@H](O)CN2C(=O)[C@@H](c2cc(OCCCN3CCN(c4ccc(-c5cnc6[nH]cc(C(=O)c7c(F)ccc(NS(=O)(=O)N8CC[C@@H](F)C8)c7F)c6c5)cc4)CC3)no2)C(C)C)cc1. The quantitative estimate of drug-likeness (QED) is 0.0485. The van der Waals surface area contributed by atoms with Gasteiger partial charge in [0, 0.05) is 106 Å². The first-order valence-electron chi connectivity index (χ1n) is 26.1. The number of Topliss-reactive ketones (excluding diaryl/α,β-unsaturated/α-hetero) is 1. The van der Waals surface area contributed by atoms with E-state index in [9.17, 15) is 32.3 Å². The average Bonchev–Trinajstić information content (AvgIpc) is 4.37. The standard InChI is InChI=1S/C56H60F3N9O8S2/c1-33(2)50(56(72)68-31-41(69)26-46(68)47(70)16-7-35-5-8-37(9-6-35)54-34(3)62-32-77-54)48-27-49(63-76-48)75-24-4-18-65-20-22-66(23-21-65)40-12-10-36(11-13-40)38-25-42-43(29-61-55(42)60-28-38)53(71)51-44(58)14-15-45(52(51)59)64-78(73,74)67-19-17-39(57)30-67/h5-6,8-15,25,27-29,32-33,39,41,46,50,64,69H,4,7,16-24,26,30-31H2,1-3H3,(H,60,61)/t39-,41-,46+,50-/m1/s1. The van der Waals surface area contributed by atoms with Gasteiger partial charge in [0.25, 0.3) is 5.88 Å². The van der Waals surface area contributed by atoms with Crippen LogP contribution in [0.25, 0.3) is 32.6 Å². The maximum Gasteiger partial charge on any atom is 0.301 e. The molecule has 3 aliphatic heterocycles. The molecule has 7 heterocycles. The van der Waals surface area contributed by atoms with E-state index in [1.165, 1.54) is 11.1 Å². The minimum atomic E-state index is -4.37. The number of nitrogens with zero attached hydrogens (tertiary/aromatic N) is 7. The summed E-state index contributed by atoms with van der Waals surface area (Å²) in [5, 5.41) is 15.1. The molecule has 10 rings (SSSR count). The van der Waals surface area contributed by atoms with Gasteiger partial charge in [0.15, 0.2) is 17.4 Å². The Morgan fingerprint density at radius 3 is 2.41 bits per heavy atom. The van der Waals surface area contributed by atoms with E-state index in [0.29, 0.717) is 35.4 Å². The lowest BCUT2D eigenvalue weighted by Gasteiger charge is -2.36. The first kappa shape index (κ1) is 54.4. The molecule has 3 saturated heterocycles. The molecule has 3 aromatic carbocycles. The second-order valence-electron chi connectivity index (χ2n) is 20.5. The fourth-order valence-corrected chi connectivity index (χ4v) is 12.7. The fourth-order valence-electron chi connectivity index (χ4n) is 10.6. The van der Waals surface area contributed by atoms with Gasteiger partial charge >= 0.3 is 10.2 Å². The number of alkyl halides is 1. The van der Waals surface area contributed by atoms with E-state index in [2.05, 4.69) is 29.9 Å². The van der Waals surface area contributed by atoms with E-state index in [4.69, 9.17) is 9.26 Å². The molecule has 0 aliphatic carbocycles. The number of halogens is 3. The van der Waals surface area contributed by atoms with Crippen LogP contribution in [0.1, 0.15) is 78.4 Å². The summed E-state index contributed by atoms with van der Waals surface area (Å²) in [7, 11) is -4.37. The molecule has 0 saturated carbocycles. The van der Waals surface area contributed by atoms with Crippen molar-refractivity contribution in [3.63, 3.8) is 0 Å². The molecule has 3 aliphatic rings. The smallest absolute Gasteiger partial charge is 0.301 e. The van der Waals surface area contributed by atoms with Gasteiger partial charge < -0.3 is 29.2 Å². The molecule has 22 heteroatoms. The third-order valence-electron chi connectivity index (χ3n) is 14.9. The first-order chi connectivity index (χ1) is 37.5. The highest BCUT2D eigenvalue weighted by Crippen LogP contribution is 2.35. The largest absolute Gasteiger partial charge is 0.475 e. The summed E-state index contributed by atoms with van der Waals surface area (Å²) >= 11 is 1.59. The Hall–Kier alpha value is -6.98. The number of β-amino-alcohol motifs (C(OH)–C–C–N with tert-alkyl or cyclic N) is 1. The minimum absolute atomic E-state index is 0.00561. The van der Waals surface area contributed by atoms with Gasteiger partial charge in [-0.2, -0.15) is 12.7 Å². The first-order valence-corrected chi connectivity index (χ1v) is 28.4. The van der Waals surface area contributed by atoms with Crippen LogP contribution in [-0.4, -0.2) is 142 Å². The predicted octanol–water partition coefficient (Wildman–Crippen LogP) is 8.35. The maximum atomic E-state index is 15.8. The number of hydrogen-bond acceptors (Lipinski definition) is 14. The summed E-state index contributed by atoms with van der Waals surface area (Å²) in [4.78, 5) is 60.5. The second-order valence-corrected chi connectivity index (χ2v) is 23.0. The number of nitrogens with one attached hydrogen (secondary N) is 2. The van der Waals surface area contributed by atoms with E-state index in [1.807, 2.05) is 79.5 Å². The molecule has 4 atom stereocenters. The Balaban J connectivity index is 0.690. The number of aryl methyl sites for hydroxylation is 2. The van der Waals surface area contributed by atoms with Crippen molar-refractivity contribution in [1.82, 2.24) is 34.2 Å². The van der Waals surface area contributed by atoms with Crippen molar-refractivity contribution in [2.75, 3.05) is 68.6 Å². The van der Waals surface area contributed by atoms with Gasteiger partial charge in [-0.05, 0) is 84.3 Å². The lowest BCUT2D eigenvalue weighted by atomic mass is 9.91. The normalized spacial score (nSPS) is 18.8. The van der Waals surface area contributed by atoms with E-state index in [0.717, 1.165) is 88.5 Å². The highest BCUT2D eigenvalue weighted by atomic mass is 32.2. The van der Waals surface area contributed by atoms with Crippen molar-refractivity contribution in [1.29, 1.82) is 0 Å². The zero-order valence-corrected chi connectivity index (χ0v) is 45.0. The number of anilines is 2. The number of aliphatic hydroxyl groups excluding tert-OH is 1. The summed E-state index contributed by atoms with van der Waals surface area (Å²) in [6, 6.07) is 20.3. The van der Waals surface area contributed by atoms with Gasteiger partial charge in [0.05, 0.1) is 46.1 Å². The molecule has 0 spiro atoms. The van der Waals surface area contributed by atoms with Crippen LogP contribution in [-0.2, 0) is 26.2 Å². The Morgan fingerprint density at radius 2 is 1.71 bits per heavy atom. The Morgan fingerprint density at radius 1 is 0.949 bits per heavy atom. The van der Waals surface area contributed by atoms with Crippen molar-refractivity contribution in [3.8, 4) is 27.4 Å². The van der Waals surface area contributed by atoms with Gasteiger partial charge in [-0.1, -0.05) is 50.2 Å². The zero-order chi connectivity index (χ0) is 54.8. The highest BCUT2D eigenvalue weighted by Gasteiger charge is 2.43. The summed E-state index contributed by atoms with van der Waals surface area (Å²) in [6.07, 6.45) is 2.43. The van der Waals surface area contributed by atoms with Crippen LogP contribution in [0.2, 0.25) is 0 Å². The number of carbonyl (C=O) groups is 3. The number of ketones is 2. The summed E-state index contributed by atoms with van der Waals surface area (Å²) < 4.78 is 85.0. The van der Waals surface area contributed by atoms with Gasteiger partial charge in [-0.15, -0.1) is 11.3 Å². The maximum absolute atomic E-state index is 15.8. The number of amides is 1. The summed E-state index contributed by atoms with van der Waals surface area (Å²) in [5.41, 5.74) is 6.02. The second kappa shape index (κ2) is 23.2. The Bertz CT molecular complexity index is 3420. The van der Waals surface area contributed by atoms with Crippen molar-refractivity contribution in [2.24, 2.45) is 5.92 Å². The fraction of sp³-hybridized carbons (Fsp3) is 0.393. The number of aromatic amines is 1. The number of piperazine rings is 1. The number of H-pyrrole nitrogens is 1. The van der Waals surface area contributed by atoms with E-state index >= 15 is 8.78 Å². The molecule has 0 unspecified atom stereocenters. The van der Waals surface area contributed by atoms with Crippen LogP contribution in [0.3, 0.4) is 0 Å². The molecule has 78 heavy (non-hydrogen) atoms. The number of aromatic nitrogens is 4. The van der Waals surface area contributed by atoms with E-state index in [1.54, 1.807) is 29.7 Å². The number of benzene rings is 3. The lowest BCUT2D eigenvalue weighted by molar-refractivity contribution is -0.140. The van der Waals surface area contributed by atoms with Gasteiger partial charge in [0.2, 0.25) is 11.7 Å². The molecular weight excluding hydrogens is 1050 g/mol. The summed E-state index contributed by atoms with van der Waals surface area (Å²) in [6.45, 7) is 9.75. The van der Waals surface area contributed by atoms with Crippen LogP contribution in [0, 0.1) is 24.5 Å². The number of carbonyl (C=O) groups excluding carboxylic acids is 3. The molecule has 17 nitrogen and oxygen atoms in total. The Labute approximate surface area is 453 Å². The molecule has 3 fully saturated rings. The van der Waals surface area contributed by atoms with Crippen LogP contribution in [0.4, 0.5) is 24.5 Å². The average molecular weight is 1110 g/mol. The van der Waals surface area contributed by atoms with Gasteiger partial charge in [-0.3, -0.25) is 24.0 Å². The molecular formula is C56H60F3N9O8S2. The number of pyridine rings is 1. The molecule has 410 valence electrons. The third kappa shape index (κ3) is 11.7. The molecule has 4 aromatic heterocycles. The van der Waals surface area contributed by atoms with Crippen molar-refractivity contribution in [3.05, 3.63) is 130 Å². The van der Waals surface area contributed by atoms with Crippen LogP contribution >= 0.6 is 11.3 Å². The number of fused-ring (bicyclic) bond motifs is 1. The number of hydrogen-bond donors (Lipinski definition) is 3. The molecule has 3 N–H and O–H groups in total. The van der Waals surface area contributed by atoms with Crippen molar-refractivity contribution in [2.45, 2.75) is 77.1 Å². The Kier molecular flexibility index (Phi) is 16.1. The van der Waals surface area contributed by atoms with Crippen LogP contribution < -0.4 is 14.4 Å². The topological polar surface area (TPSA) is 207 Å². The number of rotatable bonds is 20. The zero-order valence-electron chi connectivity index (χ0n) is 43.3. The minimum Gasteiger partial charge on any atom is -0.475 e.